The van der Waals surface area contributed by atoms with Crippen LogP contribution >= 0.6 is 0 Å². The number of hydrogen-bond donors (Lipinski definition) is 0. The van der Waals surface area contributed by atoms with Crippen LogP contribution in [0.15, 0.2) is 16.7 Å². The number of hydrogen-bond acceptors (Lipinski definition) is 1. The Balaban J connectivity index is 2.92. The lowest BCUT2D eigenvalue weighted by Gasteiger charge is -2.13. The molecular formula is C11H18O. The van der Waals surface area contributed by atoms with E-state index in [1.54, 1.807) is 0 Å². The van der Waals surface area contributed by atoms with Crippen molar-refractivity contribution in [2.75, 3.05) is 0 Å². The molecule has 1 heterocycles. The third kappa shape index (κ3) is 1.90. The van der Waals surface area contributed by atoms with Crippen LogP contribution in [0.2, 0.25) is 0 Å². The van der Waals surface area contributed by atoms with Crippen molar-refractivity contribution in [3.05, 3.63) is 23.7 Å². The van der Waals surface area contributed by atoms with Crippen LogP contribution in [0.4, 0.5) is 0 Å². The molecule has 0 radical (unpaired) electrons. The first kappa shape index (κ1) is 9.37. The van der Waals surface area contributed by atoms with Crippen LogP contribution in [0.1, 0.15) is 51.9 Å². The van der Waals surface area contributed by atoms with Crippen molar-refractivity contribution in [3.63, 3.8) is 0 Å². The van der Waals surface area contributed by atoms with E-state index in [1.165, 1.54) is 5.56 Å². The molecule has 0 fully saturated rings. The molecule has 1 heteroatoms. The van der Waals surface area contributed by atoms with Gasteiger partial charge in [-0.15, -0.1) is 0 Å². The molecule has 0 saturated carbocycles. The fraction of sp³-hybridized carbons (Fsp3) is 0.636. The zero-order valence-electron chi connectivity index (χ0n) is 8.64. The van der Waals surface area contributed by atoms with Gasteiger partial charge in [0.05, 0.1) is 6.26 Å². The lowest BCUT2D eigenvalue weighted by Crippen LogP contribution is -2.09. The average Bonchev–Trinajstić information content (AvgIpc) is 2.30. The number of furan rings is 1. The Morgan fingerprint density at radius 2 is 1.83 bits per heavy atom. The summed E-state index contributed by atoms with van der Waals surface area (Å²) >= 11 is 0. The first-order valence-electron chi connectivity index (χ1n) is 4.50. The van der Waals surface area contributed by atoms with Gasteiger partial charge in [-0.3, -0.25) is 0 Å². The Kier molecular flexibility index (Phi) is 2.31. The van der Waals surface area contributed by atoms with Gasteiger partial charge in [0.25, 0.3) is 0 Å². The minimum absolute atomic E-state index is 0.132. The van der Waals surface area contributed by atoms with Crippen molar-refractivity contribution in [2.45, 2.75) is 46.0 Å². The smallest absolute Gasteiger partial charge is 0.109 e. The van der Waals surface area contributed by atoms with E-state index in [2.05, 4.69) is 40.7 Å². The molecule has 1 nitrogen and oxygen atoms in total. The van der Waals surface area contributed by atoms with Gasteiger partial charge in [-0.1, -0.05) is 34.6 Å². The molecule has 68 valence electrons. The van der Waals surface area contributed by atoms with Crippen LogP contribution in [-0.2, 0) is 5.41 Å². The molecule has 12 heavy (non-hydrogen) atoms. The van der Waals surface area contributed by atoms with E-state index in [1.807, 2.05) is 6.26 Å². The first-order valence-corrected chi connectivity index (χ1v) is 4.50. The van der Waals surface area contributed by atoms with E-state index in [0.29, 0.717) is 5.92 Å². The summed E-state index contributed by atoms with van der Waals surface area (Å²) in [7, 11) is 0. The van der Waals surface area contributed by atoms with E-state index in [-0.39, 0.29) is 5.41 Å². The summed E-state index contributed by atoms with van der Waals surface area (Å²) in [4.78, 5) is 0. The Hall–Kier alpha value is -0.720. The molecule has 0 aromatic carbocycles. The van der Waals surface area contributed by atoms with Gasteiger partial charge in [-0.25, -0.2) is 0 Å². The average molecular weight is 166 g/mol. The highest BCUT2D eigenvalue weighted by molar-refractivity contribution is 5.20. The lowest BCUT2D eigenvalue weighted by molar-refractivity contribution is 0.409. The van der Waals surface area contributed by atoms with Crippen LogP contribution in [0, 0.1) is 0 Å². The molecule has 0 aliphatic heterocycles. The molecule has 0 bridgehead atoms. The molecule has 1 aromatic rings. The van der Waals surface area contributed by atoms with Gasteiger partial charge >= 0.3 is 0 Å². The topological polar surface area (TPSA) is 13.1 Å². The first-order chi connectivity index (χ1) is 5.41. The summed E-state index contributed by atoms with van der Waals surface area (Å²) in [6.07, 6.45) is 1.87. The van der Waals surface area contributed by atoms with E-state index in [9.17, 15) is 0 Å². The minimum atomic E-state index is 0.132. The highest BCUT2D eigenvalue weighted by atomic mass is 16.3. The third-order valence-corrected chi connectivity index (χ3v) is 2.03. The molecule has 0 N–H and O–H groups in total. The maximum Gasteiger partial charge on any atom is 0.109 e. The zero-order valence-corrected chi connectivity index (χ0v) is 8.64. The second kappa shape index (κ2) is 2.96. The van der Waals surface area contributed by atoms with E-state index >= 15 is 0 Å². The van der Waals surface area contributed by atoms with Gasteiger partial charge < -0.3 is 4.42 Å². The number of rotatable bonds is 1. The lowest BCUT2D eigenvalue weighted by atomic mass is 9.92. The minimum Gasteiger partial charge on any atom is -0.468 e. The molecule has 0 aliphatic rings. The maximum atomic E-state index is 5.49. The van der Waals surface area contributed by atoms with Crippen molar-refractivity contribution >= 4 is 0 Å². The molecule has 1 aromatic heterocycles. The quantitative estimate of drug-likeness (QED) is 0.620. The zero-order chi connectivity index (χ0) is 9.35. The molecular weight excluding hydrogens is 148 g/mol. The Morgan fingerprint density at radius 1 is 1.25 bits per heavy atom. The maximum absolute atomic E-state index is 5.49. The van der Waals surface area contributed by atoms with Gasteiger partial charge in [0.2, 0.25) is 0 Å². The van der Waals surface area contributed by atoms with Crippen LogP contribution < -0.4 is 0 Å². The molecule has 0 aliphatic carbocycles. The van der Waals surface area contributed by atoms with E-state index in [4.69, 9.17) is 4.42 Å². The summed E-state index contributed by atoms with van der Waals surface area (Å²) in [5, 5.41) is 0. The SMILES string of the molecule is CC(C)c1coc(C(C)(C)C)c1. The summed E-state index contributed by atoms with van der Waals surface area (Å²) in [6, 6.07) is 2.16. The largest absolute Gasteiger partial charge is 0.468 e. The van der Waals surface area contributed by atoms with E-state index in [0.717, 1.165) is 5.76 Å². The van der Waals surface area contributed by atoms with Gasteiger partial charge in [0.15, 0.2) is 0 Å². The second-order valence-corrected chi connectivity index (χ2v) is 4.65. The fourth-order valence-corrected chi connectivity index (χ4v) is 1.05. The molecule has 0 spiro atoms. The molecule has 0 saturated heterocycles. The van der Waals surface area contributed by atoms with Crippen molar-refractivity contribution in [2.24, 2.45) is 0 Å². The molecule has 0 atom stereocenters. The Morgan fingerprint density at radius 3 is 2.08 bits per heavy atom. The van der Waals surface area contributed by atoms with Crippen molar-refractivity contribution in [3.8, 4) is 0 Å². The fourth-order valence-electron chi connectivity index (χ4n) is 1.05. The van der Waals surface area contributed by atoms with Crippen LogP contribution in [0.3, 0.4) is 0 Å². The monoisotopic (exact) mass is 166 g/mol. The molecule has 0 amide bonds. The van der Waals surface area contributed by atoms with E-state index < -0.39 is 0 Å². The highest BCUT2D eigenvalue weighted by Crippen LogP contribution is 2.27. The van der Waals surface area contributed by atoms with Crippen molar-refractivity contribution < 1.29 is 4.42 Å². The standard InChI is InChI=1S/C11H18O/c1-8(2)9-6-10(12-7-9)11(3,4)5/h6-8H,1-5H3. The van der Waals surface area contributed by atoms with Crippen molar-refractivity contribution in [1.82, 2.24) is 0 Å². The predicted octanol–water partition coefficient (Wildman–Crippen LogP) is 3.70. The van der Waals surface area contributed by atoms with Gasteiger partial charge in [-0.2, -0.15) is 0 Å². The van der Waals surface area contributed by atoms with Gasteiger partial charge in [0.1, 0.15) is 5.76 Å². The summed E-state index contributed by atoms with van der Waals surface area (Å²) in [5.41, 5.74) is 1.42. The summed E-state index contributed by atoms with van der Waals surface area (Å²) < 4.78 is 5.49. The predicted molar refractivity (Wildman–Crippen MR) is 51.5 cm³/mol. The normalized spacial score (nSPS) is 12.5. The van der Waals surface area contributed by atoms with Gasteiger partial charge in [-0.05, 0) is 17.5 Å². The van der Waals surface area contributed by atoms with Crippen LogP contribution in [0.5, 0.6) is 0 Å². The molecule has 1 rings (SSSR count). The van der Waals surface area contributed by atoms with Gasteiger partial charge in [0, 0.05) is 5.41 Å². The van der Waals surface area contributed by atoms with Crippen LogP contribution in [0.25, 0.3) is 0 Å². The summed E-state index contributed by atoms with van der Waals surface area (Å²) in [6.45, 7) is 10.8. The van der Waals surface area contributed by atoms with Crippen LogP contribution in [-0.4, -0.2) is 0 Å². The van der Waals surface area contributed by atoms with Crippen molar-refractivity contribution in [1.29, 1.82) is 0 Å². The Bertz CT molecular complexity index is 250. The summed E-state index contributed by atoms with van der Waals surface area (Å²) in [5.74, 6) is 1.64. The molecule has 0 unspecified atom stereocenters. The third-order valence-electron chi connectivity index (χ3n) is 2.03. The highest BCUT2D eigenvalue weighted by Gasteiger charge is 2.18. The second-order valence-electron chi connectivity index (χ2n) is 4.65. The Labute approximate surface area is 74.8 Å².